The number of nitrogens with zero attached hydrogens (tertiary/aromatic N) is 1. The Balaban J connectivity index is 1.67. The Bertz CT molecular complexity index is 737. The molecule has 1 fully saturated rings. The third-order valence-electron chi connectivity index (χ3n) is 4.12. The molecule has 0 bridgehead atoms. The second-order valence-corrected chi connectivity index (χ2v) is 5.89. The largest absolute Gasteiger partial charge is 0.339 e. The number of carbonyl (C=O) groups is 2. The Morgan fingerprint density at radius 2 is 1.58 bits per heavy atom. The van der Waals surface area contributed by atoms with Crippen molar-refractivity contribution in [3.63, 3.8) is 0 Å². The van der Waals surface area contributed by atoms with E-state index in [0.717, 1.165) is 25.9 Å². The summed E-state index contributed by atoms with van der Waals surface area (Å²) in [6.45, 7) is 1.58. The number of nitrogens with one attached hydrogen (secondary N) is 1. The van der Waals surface area contributed by atoms with Crippen molar-refractivity contribution in [2.24, 2.45) is 0 Å². The zero-order chi connectivity index (χ0) is 16.9. The molecule has 0 saturated carbocycles. The molecule has 4 nitrogen and oxygen atoms in total. The van der Waals surface area contributed by atoms with Crippen molar-refractivity contribution in [3.05, 3.63) is 65.5 Å². The quantitative estimate of drug-likeness (QED) is 0.935. The Morgan fingerprint density at radius 3 is 2.25 bits per heavy atom. The first-order valence-electron chi connectivity index (χ1n) is 8.10. The summed E-state index contributed by atoms with van der Waals surface area (Å²) in [5, 5.41) is 2.64. The third kappa shape index (κ3) is 3.79. The highest BCUT2D eigenvalue weighted by molar-refractivity contribution is 6.05. The van der Waals surface area contributed by atoms with Gasteiger partial charge in [-0.2, -0.15) is 0 Å². The molecule has 2 aromatic carbocycles. The molecule has 0 atom stereocenters. The van der Waals surface area contributed by atoms with Gasteiger partial charge in [-0.1, -0.05) is 6.07 Å². The molecule has 2 amide bonds. The molecular weight excluding hydrogens is 307 g/mol. The topological polar surface area (TPSA) is 49.4 Å². The standard InChI is InChI=1S/C19H19FN2O2/c20-16-5-4-6-17(13-16)21-18(23)14-7-9-15(10-8-14)19(24)22-11-2-1-3-12-22/h4-10,13H,1-3,11-12H2,(H,21,23). The molecule has 0 unspecified atom stereocenters. The van der Waals surface area contributed by atoms with Crippen LogP contribution in [0, 0.1) is 5.82 Å². The van der Waals surface area contributed by atoms with Crippen molar-refractivity contribution in [2.45, 2.75) is 19.3 Å². The Labute approximate surface area is 140 Å². The number of anilines is 1. The van der Waals surface area contributed by atoms with E-state index in [2.05, 4.69) is 5.32 Å². The second-order valence-electron chi connectivity index (χ2n) is 5.89. The van der Waals surface area contributed by atoms with Gasteiger partial charge in [-0.25, -0.2) is 4.39 Å². The van der Waals surface area contributed by atoms with Crippen LogP contribution in [0.25, 0.3) is 0 Å². The van der Waals surface area contributed by atoms with Crippen molar-refractivity contribution >= 4 is 17.5 Å². The predicted molar refractivity (Wildman–Crippen MR) is 90.5 cm³/mol. The molecule has 3 rings (SSSR count). The number of rotatable bonds is 3. The van der Waals surface area contributed by atoms with Gasteiger partial charge in [0.2, 0.25) is 0 Å². The highest BCUT2D eigenvalue weighted by Gasteiger charge is 2.18. The van der Waals surface area contributed by atoms with Crippen molar-refractivity contribution in [1.29, 1.82) is 0 Å². The number of hydrogen-bond acceptors (Lipinski definition) is 2. The summed E-state index contributed by atoms with van der Waals surface area (Å²) in [6, 6.07) is 12.3. The molecule has 1 N–H and O–H groups in total. The highest BCUT2D eigenvalue weighted by Crippen LogP contribution is 2.15. The molecule has 0 aromatic heterocycles. The normalized spacial score (nSPS) is 14.3. The monoisotopic (exact) mass is 326 g/mol. The molecule has 1 saturated heterocycles. The van der Waals surface area contributed by atoms with Gasteiger partial charge < -0.3 is 10.2 Å². The predicted octanol–water partition coefficient (Wildman–Crippen LogP) is 3.70. The van der Waals surface area contributed by atoms with E-state index in [-0.39, 0.29) is 11.8 Å². The van der Waals surface area contributed by atoms with Gasteiger partial charge in [0.1, 0.15) is 5.82 Å². The Morgan fingerprint density at radius 1 is 0.917 bits per heavy atom. The van der Waals surface area contributed by atoms with Gasteiger partial charge in [-0.15, -0.1) is 0 Å². The van der Waals surface area contributed by atoms with Crippen LogP contribution in [0.2, 0.25) is 0 Å². The lowest BCUT2D eigenvalue weighted by molar-refractivity contribution is 0.0724. The van der Waals surface area contributed by atoms with Crippen molar-refractivity contribution in [2.75, 3.05) is 18.4 Å². The number of amides is 2. The minimum atomic E-state index is -0.407. The van der Waals surface area contributed by atoms with E-state index in [0.29, 0.717) is 16.8 Å². The number of carbonyl (C=O) groups excluding carboxylic acids is 2. The van der Waals surface area contributed by atoms with E-state index in [1.165, 1.54) is 24.6 Å². The van der Waals surface area contributed by atoms with Crippen LogP contribution < -0.4 is 5.32 Å². The lowest BCUT2D eigenvalue weighted by Gasteiger charge is -2.26. The fraction of sp³-hybridized carbons (Fsp3) is 0.263. The van der Waals surface area contributed by atoms with Crippen LogP contribution in [0.3, 0.4) is 0 Å². The number of hydrogen-bond donors (Lipinski definition) is 1. The fourth-order valence-electron chi connectivity index (χ4n) is 2.81. The SMILES string of the molecule is O=C(Nc1cccc(F)c1)c1ccc(C(=O)N2CCCCC2)cc1. The Hall–Kier alpha value is -2.69. The molecular formula is C19H19FN2O2. The third-order valence-corrected chi connectivity index (χ3v) is 4.12. The minimum Gasteiger partial charge on any atom is -0.339 e. The molecule has 0 radical (unpaired) electrons. The Kier molecular flexibility index (Phi) is 4.89. The van der Waals surface area contributed by atoms with Crippen molar-refractivity contribution in [1.82, 2.24) is 4.90 Å². The second kappa shape index (κ2) is 7.25. The van der Waals surface area contributed by atoms with Crippen LogP contribution in [0.4, 0.5) is 10.1 Å². The number of piperidine rings is 1. The minimum absolute atomic E-state index is 0.00629. The molecule has 1 aliphatic heterocycles. The summed E-state index contributed by atoms with van der Waals surface area (Å²) in [5.74, 6) is -0.736. The zero-order valence-corrected chi connectivity index (χ0v) is 13.3. The maximum Gasteiger partial charge on any atom is 0.255 e. The van der Waals surface area contributed by atoms with Crippen LogP contribution in [0.1, 0.15) is 40.0 Å². The van der Waals surface area contributed by atoms with E-state index >= 15 is 0 Å². The molecule has 0 spiro atoms. The number of halogens is 1. The average molecular weight is 326 g/mol. The molecule has 0 aliphatic carbocycles. The maximum atomic E-state index is 13.1. The molecule has 5 heteroatoms. The van der Waals surface area contributed by atoms with Gasteiger partial charge in [0.15, 0.2) is 0 Å². The van der Waals surface area contributed by atoms with Gasteiger partial charge in [-0.3, -0.25) is 9.59 Å². The zero-order valence-electron chi connectivity index (χ0n) is 13.3. The highest BCUT2D eigenvalue weighted by atomic mass is 19.1. The van der Waals surface area contributed by atoms with Crippen LogP contribution in [-0.4, -0.2) is 29.8 Å². The first kappa shape index (κ1) is 16.2. The van der Waals surface area contributed by atoms with Crippen molar-refractivity contribution < 1.29 is 14.0 Å². The molecule has 2 aromatic rings. The van der Waals surface area contributed by atoms with Crippen LogP contribution in [0.15, 0.2) is 48.5 Å². The van der Waals surface area contributed by atoms with E-state index in [9.17, 15) is 14.0 Å². The summed E-state index contributed by atoms with van der Waals surface area (Å²) < 4.78 is 13.1. The summed E-state index contributed by atoms with van der Waals surface area (Å²) in [5.41, 5.74) is 1.40. The lowest BCUT2D eigenvalue weighted by Crippen LogP contribution is -2.35. The fourth-order valence-corrected chi connectivity index (χ4v) is 2.81. The van der Waals surface area contributed by atoms with E-state index in [4.69, 9.17) is 0 Å². The van der Waals surface area contributed by atoms with Gasteiger partial charge in [0.05, 0.1) is 0 Å². The summed E-state index contributed by atoms with van der Waals surface area (Å²) in [7, 11) is 0. The average Bonchev–Trinajstić information content (AvgIpc) is 2.62. The first-order valence-corrected chi connectivity index (χ1v) is 8.10. The molecule has 124 valence electrons. The smallest absolute Gasteiger partial charge is 0.255 e. The molecule has 1 heterocycles. The summed E-state index contributed by atoms with van der Waals surface area (Å²) in [6.07, 6.45) is 3.25. The summed E-state index contributed by atoms with van der Waals surface area (Å²) >= 11 is 0. The van der Waals surface area contributed by atoms with Gasteiger partial charge in [0, 0.05) is 29.9 Å². The van der Waals surface area contributed by atoms with E-state index in [1.807, 2.05) is 4.90 Å². The van der Waals surface area contributed by atoms with Crippen LogP contribution >= 0.6 is 0 Å². The number of benzene rings is 2. The number of likely N-dealkylation sites (tertiary alicyclic amines) is 1. The van der Waals surface area contributed by atoms with E-state index < -0.39 is 5.82 Å². The first-order chi connectivity index (χ1) is 11.6. The van der Waals surface area contributed by atoms with Crippen molar-refractivity contribution in [3.8, 4) is 0 Å². The molecule has 1 aliphatic rings. The van der Waals surface area contributed by atoms with Crippen LogP contribution in [-0.2, 0) is 0 Å². The van der Waals surface area contributed by atoms with Gasteiger partial charge in [0.25, 0.3) is 11.8 Å². The maximum absolute atomic E-state index is 13.1. The van der Waals surface area contributed by atoms with E-state index in [1.54, 1.807) is 30.3 Å². The summed E-state index contributed by atoms with van der Waals surface area (Å²) in [4.78, 5) is 26.4. The van der Waals surface area contributed by atoms with Gasteiger partial charge in [-0.05, 0) is 61.7 Å². The molecule has 24 heavy (non-hydrogen) atoms. The lowest BCUT2D eigenvalue weighted by atomic mass is 10.1. The van der Waals surface area contributed by atoms with Crippen LogP contribution in [0.5, 0.6) is 0 Å². The van der Waals surface area contributed by atoms with Gasteiger partial charge >= 0.3 is 0 Å².